The summed E-state index contributed by atoms with van der Waals surface area (Å²) in [5, 5.41) is 3.55. The first-order valence-electron chi connectivity index (χ1n) is 9.93. The lowest BCUT2D eigenvalue weighted by Crippen LogP contribution is -2.29. The number of hydrogen-bond acceptors (Lipinski definition) is 0. The molecule has 0 amide bonds. The first-order valence-corrected chi connectivity index (χ1v) is 12.9. The van der Waals surface area contributed by atoms with Crippen molar-refractivity contribution < 1.29 is 0 Å². The lowest BCUT2D eigenvalue weighted by Gasteiger charge is -2.31. The van der Waals surface area contributed by atoms with Crippen LogP contribution in [0.2, 0.25) is 0 Å². The summed E-state index contributed by atoms with van der Waals surface area (Å²) < 4.78 is 0. The fourth-order valence-electron chi connectivity index (χ4n) is 5.29. The molecule has 2 fully saturated rings. The van der Waals surface area contributed by atoms with E-state index in [4.69, 9.17) is 0 Å². The van der Waals surface area contributed by atoms with Gasteiger partial charge in [0.1, 0.15) is 0 Å². The van der Waals surface area contributed by atoms with Crippen molar-refractivity contribution in [3.05, 3.63) is 24.3 Å². The number of benzene rings is 1. The van der Waals surface area contributed by atoms with Crippen molar-refractivity contribution in [2.45, 2.75) is 78.0 Å². The molecule has 8 unspecified atom stereocenters. The highest BCUT2D eigenvalue weighted by atomic mass is 31.1. The van der Waals surface area contributed by atoms with E-state index in [1.165, 1.54) is 0 Å². The quantitative estimate of drug-likeness (QED) is 0.564. The molecule has 24 heavy (non-hydrogen) atoms. The Kier molecular flexibility index (Phi) is 5.50. The van der Waals surface area contributed by atoms with Gasteiger partial charge < -0.3 is 0 Å². The first-order chi connectivity index (χ1) is 11.3. The minimum Gasteiger partial charge on any atom is -0.0683 e. The summed E-state index contributed by atoms with van der Waals surface area (Å²) >= 11 is 0. The highest BCUT2D eigenvalue weighted by Crippen LogP contribution is 2.63. The summed E-state index contributed by atoms with van der Waals surface area (Å²) in [6, 6.07) is 9.63. The van der Waals surface area contributed by atoms with Crippen LogP contribution in [-0.4, -0.2) is 22.6 Å². The van der Waals surface area contributed by atoms with E-state index >= 15 is 0 Å². The largest absolute Gasteiger partial charge is 0.0683 e. The zero-order valence-corrected chi connectivity index (χ0v) is 18.6. The first kappa shape index (κ1) is 18.9. The predicted octanol–water partition coefficient (Wildman–Crippen LogP) is 6.03. The third-order valence-corrected chi connectivity index (χ3v) is 15.4. The van der Waals surface area contributed by atoms with Crippen LogP contribution < -0.4 is 10.6 Å². The van der Waals surface area contributed by atoms with Crippen LogP contribution in [-0.2, 0) is 0 Å². The van der Waals surface area contributed by atoms with Gasteiger partial charge in [0.05, 0.1) is 0 Å². The van der Waals surface area contributed by atoms with Gasteiger partial charge in [-0.3, -0.25) is 0 Å². The maximum Gasteiger partial charge on any atom is -0.0158 e. The van der Waals surface area contributed by atoms with Gasteiger partial charge in [-0.25, -0.2) is 0 Å². The lowest BCUT2D eigenvalue weighted by atomic mass is 9.92. The minimum atomic E-state index is -0.0287. The SMILES string of the molecule is CC1C(C)C(C)P(c2ccccc2P2C(C)C(C)C(C)C2C)C1C. The van der Waals surface area contributed by atoms with Gasteiger partial charge in [-0.15, -0.1) is 0 Å². The Morgan fingerprint density at radius 2 is 0.750 bits per heavy atom. The fourth-order valence-corrected chi connectivity index (χ4v) is 13.5. The van der Waals surface area contributed by atoms with E-state index in [1.807, 2.05) is 0 Å². The normalized spacial score (nSPS) is 48.8. The molecule has 2 aliphatic heterocycles. The maximum absolute atomic E-state index is 2.53. The van der Waals surface area contributed by atoms with Gasteiger partial charge in [-0.1, -0.05) is 95.5 Å². The Morgan fingerprint density at radius 1 is 0.500 bits per heavy atom. The smallest absolute Gasteiger partial charge is 0.0158 e. The van der Waals surface area contributed by atoms with Crippen LogP contribution >= 0.6 is 15.8 Å². The summed E-state index contributed by atoms with van der Waals surface area (Å²) in [6.07, 6.45) is 0. The second kappa shape index (κ2) is 7.00. The van der Waals surface area contributed by atoms with Gasteiger partial charge in [0.15, 0.2) is 0 Å². The molecule has 8 atom stereocenters. The summed E-state index contributed by atoms with van der Waals surface area (Å²) in [7, 11) is -0.0574. The summed E-state index contributed by atoms with van der Waals surface area (Å²) in [4.78, 5) is 0. The van der Waals surface area contributed by atoms with Crippen LogP contribution in [0.4, 0.5) is 0 Å². The van der Waals surface area contributed by atoms with Crippen molar-refractivity contribution in [3.8, 4) is 0 Å². The van der Waals surface area contributed by atoms with Crippen LogP contribution in [0.3, 0.4) is 0 Å². The van der Waals surface area contributed by atoms with Gasteiger partial charge in [0.25, 0.3) is 0 Å². The molecular formula is C22H36P2. The zero-order chi connectivity index (χ0) is 17.8. The number of hydrogen-bond donors (Lipinski definition) is 0. The van der Waals surface area contributed by atoms with Crippen molar-refractivity contribution in [1.29, 1.82) is 0 Å². The Morgan fingerprint density at radius 3 is 1.00 bits per heavy atom. The predicted molar refractivity (Wildman–Crippen MR) is 114 cm³/mol. The van der Waals surface area contributed by atoms with E-state index in [0.717, 1.165) is 46.3 Å². The van der Waals surface area contributed by atoms with Crippen LogP contribution in [0.5, 0.6) is 0 Å². The molecule has 2 saturated heterocycles. The zero-order valence-electron chi connectivity index (χ0n) is 16.8. The van der Waals surface area contributed by atoms with Crippen molar-refractivity contribution in [2.75, 3.05) is 0 Å². The third-order valence-electron chi connectivity index (χ3n) is 7.90. The van der Waals surface area contributed by atoms with Gasteiger partial charge in [-0.2, -0.15) is 0 Å². The van der Waals surface area contributed by atoms with Crippen molar-refractivity contribution in [1.82, 2.24) is 0 Å². The third kappa shape index (κ3) is 2.81. The van der Waals surface area contributed by atoms with E-state index in [-0.39, 0.29) is 15.8 Å². The van der Waals surface area contributed by atoms with E-state index < -0.39 is 0 Å². The van der Waals surface area contributed by atoms with Crippen LogP contribution in [0.25, 0.3) is 0 Å². The average Bonchev–Trinajstić information content (AvgIpc) is 2.88. The average molecular weight is 362 g/mol. The molecule has 0 aromatic heterocycles. The monoisotopic (exact) mass is 362 g/mol. The van der Waals surface area contributed by atoms with Crippen molar-refractivity contribution in [2.24, 2.45) is 23.7 Å². The molecule has 0 N–H and O–H groups in total. The van der Waals surface area contributed by atoms with Crippen LogP contribution in [0, 0.1) is 23.7 Å². The van der Waals surface area contributed by atoms with Gasteiger partial charge in [0.2, 0.25) is 0 Å². The second-order valence-electron chi connectivity index (χ2n) is 8.70. The molecule has 2 aliphatic rings. The molecule has 0 bridgehead atoms. The molecule has 1 aromatic rings. The molecule has 0 spiro atoms. The minimum absolute atomic E-state index is 0.0287. The summed E-state index contributed by atoms with van der Waals surface area (Å²) in [6.45, 7) is 20.1. The standard InChI is InChI=1S/C22H36P2/c1-13-14(2)18(6)23(17(13)5)21-11-9-10-12-22(21)24-19(7)15(3)16(4)20(24)8/h9-20H,1-8H3. The molecule has 0 radical (unpaired) electrons. The molecule has 0 nitrogen and oxygen atoms in total. The van der Waals surface area contributed by atoms with Crippen LogP contribution in [0.15, 0.2) is 24.3 Å². The molecule has 1 aromatic carbocycles. The highest BCUT2D eigenvalue weighted by Gasteiger charge is 2.46. The van der Waals surface area contributed by atoms with E-state index in [0.29, 0.717) is 0 Å². The lowest BCUT2D eigenvalue weighted by molar-refractivity contribution is 0.413. The molecule has 134 valence electrons. The van der Waals surface area contributed by atoms with Crippen LogP contribution in [0.1, 0.15) is 55.4 Å². The summed E-state index contributed by atoms with van der Waals surface area (Å²) in [5.74, 6) is 3.46. The van der Waals surface area contributed by atoms with E-state index in [2.05, 4.69) is 79.7 Å². The Balaban J connectivity index is 2.04. The topological polar surface area (TPSA) is 0 Å². The second-order valence-corrected chi connectivity index (χ2v) is 14.6. The molecule has 3 rings (SSSR count). The van der Waals surface area contributed by atoms with Gasteiger partial charge in [0, 0.05) is 0 Å². The molecule has 2 heteroatoms. The van der Waals surface area contributed by atoms with Crippen molar-refractivity contribution in [3.63, 3.8) is 0 Å². The Labute approximate surface area is 152 Å². The van der Waals surface area contributed by atoms with E-state index in [9.17, 15) is 0 Å². The Hall–Kier alpha value is 0.0800. The molecule has 2 heterocycles. The van der Waals surface area contributed by atoms with E-state index in [1.54, 1.807) is 10.6 Å². The highest BCUT2D eigenvalue weighted by molar-refractivity contribution is 7.73. The Bertz CT molecular complexity index is 504. The number of rotatable bonds is 2. The molecular weight excluding hydrogens is 326 g/mol. The van der Waals surface area contributed by atoms with Gasteiger partial charge in [-0.05, 0) is 56.9 Å². The fraction of sp³-hybridized carbons (Fsp3) is 0.727. The molecule has 0 saturated carbocycles. The maximum atomic E-state index is 2.53. The van der Waals surface area contributed by atoms with Gasteiger partial charge >= 0.3 is 0 Å². The van der Waals surface area contributed by atoms with Crippen molar-refractivity contribution >= 4 is 26.5 Å². The molecule has 0 aliphatic carbocycles. The summed E-state index contributed by atoms with van der Waals surface area (Å²) in [5.41, 5.74) is 3.46.